The molecule has 5 nitrogen and oxygen atoms in total. The zero-order chi connectivity index (χ0) is 12.8. The molecule has 0 fully saturated rings. The highest BCUT2D eigenvalue weighted by Gasteiger charge is 2.13. The van der Waals surface area contributed by atoms with Crippen molar-refractivity contribution in [1.82, 2.24) is 5.32 Å². The Morgan fingerprint density at radius 2 is 2.18 bits per heavy atom. The van der Waals surface area contributed by atoms with E-state index < -0.39 is 5.97 Å². The van der Waals surface area contributed by atoms with E-state index in [0.29, 0.717) is 14.2 Å². The van der Waals surface area contributed by atoms with Gasteiger partial charge in [-0.2, -0.15) is 0 Å². The van der Waals surface area contributed by atoms with Gasteiger partial charge < -0.3 is 15.2 Å². The first kappa shape index (κ1) is 14.2. The minimum Gasteiger partial charge on any atom is -0.480 e. The first-order valence-electron chi connectivity index (χ1n) is 4.53. The largest absolute Gasteiger partial charge is 0.480 e. The van der Waals surface area contributed by atoms with Crippen molar-refractivity contribution < 1.29 is 19.4 Å². The van der Waals surface area contributed by atoms with Crippen LogP contribution in [-0.4, -0.2) is 36.7 Å². The van der Waals surface area contributed by atoms with Gasteiger partial charge in [0.25, 0.3) is 5.91 Å². The van der Waals surface area contributed by atoms with E-state index in [-0.39, 0.29) is 25.7 Å². The molecule has 0 aliphatic rings. The molecule has 1 rings (SSSR count). The summed E-state index contributed by atoms with van der Waals surface area (Å²) in [6.07, 6.45) is 0. The lowest BCUT2D eigenvalue weighted by molar-refractivity contribution is -0.142. The van der Waals surface area contributed by atoms with E-state index in [9.17, 15) is 9.59 Å². The van der Waals surface area contributed by atoms with E-state index >= 15 is 0 Å². The van der Waals surface area contributed by atoms with E-state index in [1.165, 1.54) is 6.07 Å². The molecule has 2 N–H and O–H groups in total. The van der Waals surface area contributed by atoms with Crippen LogP contribution in [0, 0.1) is 0 Å². The van der Waals surface area contributed by atoms with Gasteiger partial charge in [0.1, 0.15) is 10.9 Å². The molecule has 1 aromatic rings. The van der Waals surface area contributed by atoms with E-state index in [0.717, 1.165) is 11.3 Å². The minimum atomic E-state index is -1.05. The van der Waals surface area contributed by atoms with Crippen LogP contribution in [0.4, 0.5) is 0 Å². The molecule has 94 valence electrons. The lowest BCUT2D eigenvalue weighted by Gasteiger charge is -2.04. The van der Waals surface area contributed by atoms with Gasteiger partial charge in [-0.05, 0) is 6.07 Å². The molecular formula is C9H9Cl2NO4S. The second-order valence-corrected chi connectivity index (χ2v) is 5.23. The molecule has 0 atom stereocenters. The summed E-state index contributed by atoms with van der Waals surface area (Å²) >= 11 is 12.6. The standard InChI is InChI=1S/C9H9Cl2NO4S/c10-6-3-5(8(11)17-6)9(15)12-1-2-16-4-7(13)14/h3H,1-2,4H2,(H,12,15)(H,13,14). The number of halogens is 2. The molecule has 0 radical (unpaired) electrons. The smallest absolute Gasteiger partial charge is 0.329 e. The summed E-state index contributed by atoms with van der Waals surface area (Å²) in [5.74, 6) is -1.42. The third-order valence-corrected chi connectivity index (χ3v) is 3.15. The zero-order valence-electron chi connectivity index (χ0n) is 8.53. The number of carbonyl (C=O) groups is 2. The normalized spacial score (nSPS) is 10.2. The van der Waals surface area contributed by atoms with Gasteiger partial charge in [0, 0.05) is 6.54 Å². The van der Waals surface area contributed by atoms with E-state index in [2.05, 4.69) is 5.32 Å². The molecule has 0 saturated heterocycles. The number of ether oxygens (including phenoxy) is 1. The van der Waals surface area contributed by atoms with Crippen molar-refractivity contribution in [1.29, 1.82) is 0 Å². The van der Waals surface area contributed by atoms with Crippen LogP contribution in [0.2, 0.25) is 8.67 Å². The Labute approximate surface area is 111 Å². The number of hydrogen-bond donors (Lipinski definition) is 2. The van der Waals surface area contributed by atoms with Gasteiger partial charge in [0.2, 0.25) is 0 Å². The Hall–Kier alpha value is -0.820. The number of amides is 1. The molecule has 1 heterocycles. The van der Waals surface area contributed by atoms with Crippen LogP contribution in [0.3, 0.4) is 0 Å². The number of thiophene rings is 1. The highest BCUT2D eigenvalue weighted by molar-refractivity contribution is 7.20. The van der Waals surface area contributed by atoms with Crippen molar-refractivity contribution in [2.45, 2.75) is 0 Å². The Kier molecular flexibility index (Phi) is 5.70. The number of nitrogens with one attached hydrogen (secondary N) is 1. The number of rotatable bonds is 6. The summed E-state index contributed by atoms with van der Waals surface area (Å²) < 4.78 is 5.50. The number of carboxylic acid groups (broad SMARTS) is 1. The van der Waals surface area contributed by atoms with Crippen LogP contribution in [0.5, 0.6) is 0 Å². The third kappa shape index (κ3) is 4.91. The molecule has 8 heteroatoms. The fourth-order valence-electron chi connectivity index (χ4n) is 0.987. The molecule has 1 aromatic heterocycles. The number of carbonyl (C=O) groups excluding carboxylic acids is 1. The van der Waals surface area contributed by atoms with Crippen LogP contribution >= 0.6 is 34.5 Å². The lowest BCUT2D eigenvalue weighted by atomic mass is 10.3. The van der Waals surface area contributed by atoms with Gasteiger partial charge in [-0.15, -0.1) is 11.3 Å². The predicted molar refractivity (Wildman–Crippen MR) is 65.1 cm³/mol. The third-order valence-electron chi connectivity index (χ3n) is 1.66. The Morgan fingerprint density at radius 1 is 1.47 bits per heavy atom. The molecule has 1 amide bonds. The summed E-state index contributed by atoms with van der Waals surface area (Å²) in [5, 5.41) is 10.8. The lowest BCUT2D eigenvalue weighted by Crippen LogP contribution is -2.27. The van der Waals surface area contributed by atoms with E-state index in [1.807, 2.05) is 0 Å². The van der Waals surface area contributed by atoms with Crippen LogP contribution in [0.1, 0.15) is 10.4 Å². The fourth-order valence-corrected chi connectivity index (χ4v) is 2.44. The summed E-state index contributed by atoms with van der Waals surface area (Å²) in [5.41, 5.74) is 0.305. The van der Waals surface area contributed by atoms with Crippen molar-refractivity contribution in [3.63, 3.8) is 0 Å². The van der Waals surface area contributed by atoms with Gasteiger partial charge in [-0.3, -0.25) is 4.79 Å². The predicted octanol–water partition coefficient (Wildman–Crippen LogP) is 1.89. The molecular weight excluding hydrogens is 289 g/mol. The molecule has 0 spiro atoms. The maximum absolute atomic E-state index is 11.6. The highest BCUT2D eigenvalue weighted by atomic mass is 35.5. The van der Waals surface area contributed by atoms with Crippen molar-refractivity contribution in [3.8, 4) is 0 Å². The van der Waals surface area contributed by atoms with Crippen molar-refractivity contribution >= 4 is 46.4 Å². The van der Waals surface area contributed by atoms with Gasteiger partial charge in [-0.25, -0.2) is 4.79 Å². The van der Waals surface area contributed by atoms with Crippen LogP contribution in [-0.2, 0) is 9.53 Å². The molecule has 0 aliphatic carbocycles. The molecule has 0 unspecified atom stereocenters. The summed E-state index contributed by atoms with van der Waals surface area (Å²) in [6.45, 7) is -0.0651. The zero-order valence-corrected chi connectivity index (χ0v) is 10.9. The first-order valence-corrected chi connectivity index (χ1v) is 6.10. The maximum atomic E-state index is 11.6. The van der Waals surface area contributed by atoms with Gasteiger partial charge in [-0.1, -0.05) is 23.2 Å². The molecule has 0 saturated carbocycles. The Morgan fingerprint density at radius 3 is 2.71 bits per heavy atom. The van der Waals surface area contributed by atoms with Crippen molar-refractivity contribution in [2.75, 3.05) is 19.8 Å². The van der Waals surface area contributed by atoms with E-state index in [1.54, 1.807) is 0 Å². The van der Waals surface area contributed by atoms with Crippen molar-refractivity contribution in [2.24, 2.45) is 0 Å². The number of hydrogen-bond acceptors (Lipinski definition) is 4. The highest BCUT2D eigenvalue weighted by Crippen LogP contribution is 2.30. The minimum absolute atomic E-state index is 0.119. The number of carboxylic acids is 1. The fraction of sp³-hybridized carbons (Fsp3) is 0.333. The van der Waals surface area contributed by atoms with Gasteiger partial charge in [0.05, 0.1) is 16.5 Å². The van der Waals surface area contributed by atoms with Gasteiger partial charge >= 0.3 is 5.97 Å². The molecule has 0 aliphatic heterocycles. The molecule has 0 aromatic carbocycles. The average Bonchev–Trinajstić information content (AvgIpc) is 2.56. The molecule has 17 heavy (non-hydrogen) atoms. The summed E-state index contributed by atoms with van der Waals surface area (Å²) in [6, 6.07) is 1.47. The monoisotopic (exact) mass is 297 g/mol. The van der Waals surface area contributed by atoms with Gasteiger partial charge in [0.15, 0.2) is 0 Å². The van der Waals surface area contributed by atoms with Crippen LogP contribution in [0.15, 0.2) is 6.07 Å². The molecule has 0 bridgehead atoms. The van der Waals surface area contributed by atoms with Crippen molar-refractivity contribution in [3.05, 3.63) is 20.3 Å². The number of aliphatic carboxylic acids is 1. The summed E-state index contributed by atoms with van der Waals surface area (Å²) in [4.78, 5) is 21.7. The second-order valence-electron chi connectivity index (χ2n) is 2.94. The topological polar surface area (TPSA) is 75.6 Å². The maximum Gasteiger partial charge on any atom is 0.329 e. The first-order chi connectivity index (χ1) is 8.00. The van der Waals surface area contributed by atoms with E-state index in [4.69, 9.17) is 33.0 Å². The SMILES string of the molecule is O=C(O)COCCNC(=O)c1cc(Cl)sc1Cl. The van der Waals surface area contributed by atoms with Crippen LogP contribution in [0.25, 0.3) is 0 Å². The van der Waals surface area contributed by atoms with Crippen LogP contribution < -0.4 is 5.32 Å². The Balaban J connectivity index is 2.30. The second kappa shape index (κ2) is 6.80. The average molecular weight is 298 g/mol. The Bertz CT molecular complexity index is 421. The quantitative estimate of drug-likeness (QED) is 0.786. The summed E-state index contributed by atoms with van der Waals surface area (Å²) in [7, 11) is 0.